The second kappa shape index (κ2) is 17.3. The molecule has 2 amide bonds. The predicted octanol–water partition coefficient (Wildman–Crippen LogP) is 5.23. The van der Waals surface area contributed by atoms with Gasteiger partial charge in [0.2, 0.25) is 21.8 Å². The molecule has 0 spiro atoms. The van der Waals surface area contributed by atoms with Gasteiger partial charge >= 0.3 is 0 Å². The van der Waals surface area contributed by atoms with Gasteiger partial charge in [-0.2, -0.15) is 4.72 Å². The number of carbonyl (C=O) groups excluding carboxylic acids is 2. The average molecular weight is 818 g/mol. The van der Waals surface area contributed by atoms with Crippen LogP contribution in [0.2, 0.25) is 0 Å². The number of amides is 2. The maximum atomic E-state index is 14.6. The van der Waals surface area contributed by atoms with Crippen molar-refractivity contribution in [3.05, 3.63) is 67.3 Å². The molecule has 7 rings (SSSR count). The summed E-state index contributed by atoms with van der Waals surface area (Å²) < 4.78 is 46.4. The van der Waals surface area contributed by atoms with E-state index in [4.69, 9.17) is 19.2 Å². The van der Waals surface area contributed by atoms with Crippen molar-refractivity contribution in [1.29, 1.82) is 0 Å². The zero-order chi connectivity index (χ0) is 41.4. The molecule has 4 heterocycles. The minimum atomic E-state index is -3.52. The van der Waals surface area contributed by atoms with Crippen molar-refractivity contribution < 1.29 is 37.3 Å². The summed E-state index contributed by atoms with van der Waals surface area (Å²) in [6.45, 7) is 13.5. The fourth-order valence-corrected chi connectivity index (χ4v) is 9.85. The number of pyridine rings is 1. The number of carbonyl (C=O) groups is 2. The number of sulfonamides is 1. The number of likely N-dealkylation sites (tertiary alicyclic amines) is 2. The monoisotopic (exact) mass is 817 g/mol. The van der Waals surface area contributed by atoms with Gasteiger partial charge in [-0.15, -0.1) is 6.58 Å². The quantitative estimate of drug-likeness (QED) is 0.129. The summed E-state index contributed by atoms with van der Waals surface area (Å²) in [6, 6.07) is 15.9. The molecule has 13 nitrogen and oxygen atoms in total. The number of nitrogens with one attached hydrogen (secondary N) is 2. The molecule has 3 N–H and O–H groups in total. The normalized spacial score (nSPS) is 24.8. The van der Waals surface area contributed by atoms with Crippen LogP contribution in [0.4, 0.5) is 0 Å². The van der Waals surface area contributed by atoms with Crippen molar-refractivity contribution in [2.45, 2.75) is 115 Å². The van der Waals surface area contributed by atoms with Gasteiger partial charge < -0.3 is 29.5 Å². The minimum absolute atomic E-state index is 0.00393. The Morgan fingerprint density at radius 2 is 1.81 bits per heavy atom. The number of benzene rings is 2. The third-order valence-electron chi connectivity index (χ3n) is 12.2. The summed E-state index contributed by atoms with van der Waals surface area (Å²) in [5.74, 6) is 0.107. The van der Waals surface area contributed by atoms with Gasteiger partial charge in [0.1, 0.15) is 36.2 Å². The molecule has 3 saturated heterocycles. The number of fused-ring (bicyclic) bond motifs is 1. The average Bonchev–Trinajstić information content (AvgIpc) is 4.16. The number of nitrogens with zero attached hydrogens (tertiary/aromatic N) is 3. The van der Waals surface area contributed by atoms with Gasteiger partial charge in [0.15, 0.2) is 0 Å². The number of hydrogen-bond donors (Lipinski definition) is 3. The van der Waals surface area contributed by atoms with E-state index in [2.05, 4.69) is 16.6 Å². The summed E-state index contributed by atoms with van der Waals surface area (Å²) in [7, 11) is -1.91. The van der Waals surface area contributed by atoms with Gasteiger partial charge in [0.25, 0.3) is 0 Å². The highest BCUT2D eigenvalue weighted by molar-refractivity contribution is 7.90. The van der Waals surface area contributed by atoms with Crippen LogP contribution in [0.25, 0.3) is 22.2 Å². The van der Waals surface area contributed by atoms with E-state index in [0.717, 1.165) is 30.2 Å². The molecular formula is C44H59N5O8S. The van der Waals surface area contributed by atoms with Gasteiger partial charge in [0.05, 0.1) is 35.7 Å². The Kier molecular flexibility index (Phi) is 12.5. The maximum absolute atomic E-state index is 14.6. The molecule has 58 heavy (non-hydrogen) atoms. The van der Waals surface area contributed by atoms with Crippen molar-refractivity contribution in [2.75, 3.05) is 26.7 Å². The molecule has 14 heteroatoms. The van der Waals surface area contributed by atoms with E-state index >= 15 is 0 Å². The molecule has 0 bridgehead atoms. The van der Waals surface area contributed by atoms with E-state index < -0.39 is 63.4 Å². The van der Waals surface area contributed by atoms with Crippen LogP contribution >= 0.6 is 0 Å². The van der Waals surface area contributed by atoms with E-state index in [1.807, 2.05) is 87.2 Å². The molecule has 1 saturated carbocycles. The summed E-state index contributed by atoms with van der Waals surface area (Å²) in [4.78, 5) is 37.0. The largest absolute Gasteiger partial charge is 0.497 e. The zero-order valence-electron chi connectivity index (χ0n) is 34.3. The first-order chi connectivity index (χ1) is 27.7. The lowest BCUT2D eigenvalue weighted by molar-refractivity contribution is -0.144. The highest BCUT2D eigenvalue weighted by Crippen LogP contribution is 2.40. The van der Waals surface area contributed by atoms with Crippen LogP contribution in [0, 0.1) is 17.3 Å². The Labute approximate surface area is 342 Å². The Hall–Kier alpha value is -4.08. The van der Waals surface area contributed by atoms with Gasteiger partial charge in [0, 0.05) is 61.5 Å². The summed E-state index contributed by atoms with van der Waals surface area (Å²) in [6.07, 6.45) is 3.27. The Balaban J connectivity index is 1.19. The minimum Gasteiger partial charge on any atom is -0.497 e. The third kappa shape index (κ3) is 9.52. The number of methoxy groups -OCH3 is 1. The molecule has 1 aromatic heterocycles. The summed E-state index contributed by atoms with van der Waals surface area (Å²) in [5, 5.41) is 16.0. The Morgan fingerprint density at radius 3 is 2.47 bits per heavy atom. The van der Waals surface area contributed by atoms with Gasteiger partial charge in [-0.25, -0.2) is 13.4 Å². The molecular weight excluding hydrogens is 759 g/mol. The van der Waals surface area contributed by atoms with Crippen LogP contribution in [0.1, 0.15) is 72.6 Å². The molecule has 314 valence electrons. The Morgan fingerprint density at radius 1 is 1.09 bits per heavy atom. The van der Waals surface area contributed by atoms with Crippen LogP contribution in [0.15, 0.2) is 67.3 Å². The smallest absolute Gasteiger partial charge is 0.237 e. The summed E-state index contributed by atoms with van der Waals surface area (Å²) in [5.41, 5.74) is 1.80. The number of hydrogen-bond acceptors (Lipinski definition) is 10. The molecule has 8 unspecified atom stereocenters. The van der Waals surface area contributed by atoms with Crippen molar-refractivity contribution >= 4 is 32.7 Å². The number of aliphatic hydroxyl groups is 1. The van der Waals surface area contributed by atoms with E-state index in [9.17, 15) is 23.1 Å². The molecule has 4 fully saturated rings. The lowest BCUT2D eigenvalue weighted by Crippen LogP contribution is -2.56. The topological polar surface area (TPSA) is 163 Å². The van der Waals surface area contributed by atoms with Gasteiger partial charge in [-0.05, 0) is 55.6 Å². The van der Waals surface area contributed by atoms with Crippen molar-refractivity contribution in [2.24, 2.45) is 17.3 Å². The molecule has 4 aliphatic rings. The van der Waals surface area contributed by atoms with Crippen LogP contribution in [-0.4, -0.2) is 109 Å². The van der Waals surface area contributed by atoms with E-state index in [0.29, 0.717) is 48.6 Å². The number of aromatic nitrogens is 1. The van der Waals surface area contributed by atoms with E-state index in [1.165, 1.54) is 0 Å². The number of ether oxygens (including phenoxy) is 3. The molecule has 0 radical (unpaired) electrons. The lowest BCUT2D eigenvalue weighted by atomic mass is 9.76. The maximum Gasteiger partial charge on any atom is 0.237 e. The number of aliphatic hydroxyl groups excluding tert-OH is 1. The second-order valence-electron chi connectivity index (χ2n) is 17.5. The fraction of sp³-hybridized carbons (Fsp3) is 0.568. The van der Waals surface area contributed by atoms with Crippen LogP contribution in [0.3, 0.4) is 0 Å². The van der Waals surface area contributed by atoms with E-state index in [-0.39, 0.29) is 37.1 Å². The van der Waals surface area contributed by atoms with Gasteiger partial charge in [-0.3, -0.25) is 14.5 Å². The van der Waals surface area contributed by atoms with Crippen LogP contribution < -0.4 is 19.5 Å². The first-order valence-electron chi connectivity index (χ1n) is 20.7. The second-order valence-corrected chi connectivity index (χ2v) is 19.5. The van der Waals surface area contributed by atoms with Gasteiger partial charge in [-0.1, -0.05) is 64.1 Å². The SMILES string of the molecule is C=CC(C)C(NC(=O)C1CC(Oc2cc(-c3ccccc3)nc3cc(OC)ccc23)CN1C(O)C(CC(=O)N1CCCCC1)C(C)(C)C)C1OC1NS(=O)(=O)C1CC1. The first kappa shape index (κ1) is 42.1. The van der Waals surface area contributed by atoms with Crippen molar-refractivity contribution in [3.8, 4) is 22.8 Å². The van der Waals surface area contributed by atoms with Crippen LogP contribution in [0.5, 0.6) is 11.5 Å². The number of epoxide rings is 1. The highest BCUT2D eigenvalue weighted by atomic mass is 32.2. The van der Waals surface area contributed by atoms with Crippen molar-refractivity contribution in [3.63, 3.8) is 0 Å². The molecule has 1 aliphatic carbocycles. The highest BCUT2D eigenvalue weighted by Gasteiger charge is 2.53. The van der Waals surface area contributed by atoms with Crippen molar-refractivity contribution in [1.82, 2.24) is 24.8 Å². The third-order valence-corrected chi connectivity index (χ3v) is 14.1. The number of piperidine rings is 1. The van der Waals surface area contributed by atoms with E-state index in [1.54, 1.807) is 18.1 Å². The standard InChI is InChI=1S/C44H59N5O8S/c1-7-27(2)39(40-42(57-40)47-58(53,54)31-17-18-31)46-41(51)36-23-30(26-49(36)43(52)33(44(3,4)5)24-38(50)48-20-12-9-13-21-48)56-37-25-34(28-14-10-8-11-15-28)45-35-22-29(55-6)16-19-32(35)37/h7-8,10-11,14-16,19,22,25,27,30-31,33,36,39-40,42-43,47,52H,1,9,12-13,17-18,20-21,23-24,26H2,2-6H3,(H,46,51). The molecule has 8 atom stereocenters. The first-order valence-corrected chi connectivity index (χ1v) is 22.2. The van der Waals surface area contributed by atoms with Crippen LogP contribution in [-0.2, 0) is 24.3 Å². The Bertz CT molecular complexity index is 2070. The fourth-order valence-electron chi connectivity index (χ4n) is 8.39. The number of rotatable bonds is 16. The molecule has 3 aromatic rings. The molecule has 2 aromatic carbocycles. The zero-order valence-corrected chi connectivity index (χ0v) is 35.1. The summed E-state index contributed by atoms with van der Waals surface area (Å²) >= 11 is 0. The predicted molar refractivity (Wildman–Crippen MR) is 222 cm³/mol. The molecule has 3 aliphatic heterocycles. The lowest BCUT2D eigenvalue weighted by Gasteiger charge is -2.41.